The summed E-state index contributed by atoms with van der Waals surface area (Å²) in [7, 11) is 0. The van der Waals surface area contributed by atoms with E-state index >= 15 is 0 Å². The van der Waals surface area contributed by atoms with Gasteiger partial charge in [0.15, 0.2) is 11.5 Å². The molecule has 3 aromatic heterocycles. The molecule has 3 heterocycles. The summed E-state index contributed by atoms with van der Waals surface area (Å²) in [5.74, 6) is 0.406. The second-order valence-corrected chi connectivity index (χ2v) is 6.62. The van der Waals surface area contributed by atoms with Crippen molar-refractivity contribution in [2.24, 2.45) is 0 Å². The third kappa shape index (κ3) is 2.24. The molecule has 3 rings (SSSR count). The van der Waals surface area contributed by atoms with E-state index in [1.807, 2.05) is 4.57 Å². The summed E-state index contributed by atoms with van der Waals surface area (Å²) < 4.78 is 1.94. The fraction of sp³-hybridized carbons (Fsp3) is 0.385. The monoisotopic (exact) mass is 288 g/mol. The van der Waals surface area contributed by atoms with Crippen molar-refractivity contribution in [3.63, 3.8) is 0 Å². The Morgan fingerprint density at radius 3 is 2.75 bits per heavy atom. The van der Waals surface area contributed by atoms with Gasteiger partial charge in [-0.1, -0.05) is 20.8 Å². The maximum Gasteiger partial charge on any atom is 0.165 e. The van der Waals surface area contributed by atoms with E-state index in [0.717, 1.165) is 16.3 Å². The van der Waals surface area contributed by atoms with E-state index in [9.17, 15) is 0 Å². The highest BCUT2D eigenvalue weighted by atomic mass is 32.1. The Kier molecular flexibility index (Phi) is 2.93. The van der Waals surface area contributed by atoms with Gasteiger partial charge in [0.2, 0.25) is 0 Å². The predicted molar refractivity (Wildman–Crippen MR) is 79.7 cm³/mol. The van der Waals surface area contributed by atoms with Gasteiger partial charge in [-0.2, -0.15) is 0 Å². The molecule has 0 radical (unpaired) electrons. The number of nitrogens with zero attached hydrogens (tertiary/aromatic N) is 5. The summed E-state index contributed by atoms with van der Waals surface area (Å²) in [6.07, 6.45) is 3.19. The number of nitrogen functional groups attached to an aromatic ring is 1. The Labute approximate surface area is 120 Å². The lowest BCUT2D eigenvalue weighted by molar-refractivity contribution is 0.570. The molecule has 0 fully saturated rings. The zero-order valence-electron chi connectivity index (χ0n) is 11.7. The van der Waals surface area contributed by atoms with Crippen LogP contribution in [0.1, 0.15) is 31.5 Å². The average Bonchev–Trinajstić information content (AvgIpc) is 2.98. The van der Waals surface area contributed by atoms with Crippen molar-refractivity contribution in [2.75, 3.05) is 5.73 Å². The van der Waals surface area contributed by atoms with Crippen LogP contribution in [0.2, 0.25) is 0 Å². The molecule has 0 aliphatic heterocycles. The van der Waals surface area contributed by atoms with E-state index in [2.05, 4.69) is 46.1 Å². The number of fused-ring (bicyclic) bond motifs is 1. The number of rotatable bonds is 2. The summed E-state index contributed by atoms with van der Waals surface area (Å²) in [6.45, 7) is 7.12. The average molecular weight is 288 g/mol. The smallest absolute Gasteiger partial charge is 0.165 e. The molecule has 2 N–H and O–H groups in total. The van der Waals surface area contributed by atoms with Crippen molar-refractivity contribution >= 4 is 28.3 Å². The molecule has 7 heteroatoms. The summed E-state index contributed by atoms with van der Waals surface area (Å²) >= 11 is 1.65. The number of imidazole rings is 1. The van der Waals surface area contributed by atoms with Gasteiger partial charge >= 0.3 is 0 Å². The van der Waals surface area contributed by atoms with Gasteiger partial charge in [-0.3, -0.25) is 0 Å². The van der Waals surface area contributed by atoms with Crippen molar-refractivity contribution in [3.05, 3.63) is 28.7 Å². The molecular formula is C13H16N6S. The van der Waals surface area contributed by atoms with Crippen LogP contribution in [0.4, 0.5) is 5.82 Å². The fourth-order valence-electron chi connectivity index (χ4n) is 1.89. The van der Waals surface area contributed by atoms with Gasteiger partial charge in [0.05, 0.1) is 18.6 Å². The van der Waals surface area contributed by atoms with Crippen molar-refractivity contribution in [1.82, 2.24) is 24.5 Å². The van der Waals surface area contributed by atoms with Gasteiger partial charge in [0, 0.05) is 10.8 Å². The number of thiazole rings is 1. The Balaban J connectivity index is 1.94. The highest BCUT2D eigenvalue weighted by molar-refractivity contribution is 7.09. The zero-order valence-corrected chi connectivity index (χ0v) is 12.5. The molecule has 0 bridgehead atoms. The van der Waals surface area contributed by atoms with E-state index in [0.29, 0.717) is 17.9 Å². The summed E-state index contributed by atoms with van der Waals surface area (Å²) in [5.41, 5.74) is 8.34. The van der Waals surface area contributed by atoms with Crippen molar-refractivity contribution in [1.29, 1.82) is 0 Å². The normalized spacial score (nSPS) is 12.2. The molecule has 0 amide bonds. The lowest BCUT2D eigenvalue weighted by atomic mass is 9.93. The first-order valence-electron chi connectivity index (χ1n) is 6.31. The van der Waals surface area contributed by atoms with Crippen LogP contribution in [0.5, 0.6) is 0 Å². The molecule has 0 unspecified atom stereocenters. The second-order valence-electron chi connectivity index (χ2n) is 5.68. The zero-order chi connectivity index (χ0) is 14.3. The molecule has 20 heavy (non-hydrogen) atoms. The van der Waals surface area contributed by atoms with Gasteiger partial charge in [0.25, 0.3) is 0 Å². The van der Waals surface area contributed by atoms with Crippen molar-refractivity contribution < 1.29 is 0 Å². The van der Waals surface area contributed by atoms with Gasteiger partial charge in [-0.25, -0.2) is 19.9 Å². The number of hydrogen-bond acceptors (Lipinski definition) is 6. The molecule has 6 nitrogen and oxygen atoms in total. The van der Waals surface area contributed by atoms with Crippen LogP contribution in [-0.2, 0) is 12.0 Å². The predicted octanol–water partition coefficient (Wildman–Crippen LogP) is 2.21. The Hall–Kier alpha value is -2.02. The third-order valence-corrected chi connectivity index (χ3v) is 3.89. The summed E-state index contributed by atoms with van der Waals surface area (Å²) in [4.78, 5) is 17.1. The topological polar surface area (TPSA) is 82.5 Å². The van der Waals surface area contributed by atoms with Crippen LogP contribution in [0, 0.1) is 0 Å². The first-order chi connectivity index (χ1) is 9.45. The highest BCUT2D eigenvalue weighted by Gasteiger charge is 2.18. The first kappa shape index (κ1) is 13.0. The van der Waals surface area contributed by atoms with Crippen LogP contribution in [0.3, 0.4) is 0 Å². The van der Waals surface area contributed by atoms with Crippen molar-refractivity contribution in [2.45, 2.75) is 32.7 Å². The Bertz CT molecular complexity index is 752. The Morgan fingerprint density at radius 2 is 2.05 bits per heavy atom. The Morgan fingerprint density at radius 1 is 1.25 bits per heavy atom. The molecule has 0 atom stereocenters. The van der Waals surface area contributed by atoms with Crippen LogP contribution in [0.25, 0.3) is 11.2 Å². The standard InChI is InChI=1S/C13H16N6S/c1-13(2,3)8-5-20-9(18-8)4-19-7-17-10-11(14)15-6-16-12(10)19/h5-7H,4H2,1-3H3,(H2,14,15,16). The molecule has 0 saturated heterocycles. The van der Waals surface area contributed by atoms with Gasteiger partial charge < -0.3 is 10.3 Å². The number of anilines is 1. The van der Waals surface area contributed by atoms with Gasteiger partial charge in [-0.15, -0.1) is 11.3 Å². The van der Waals surface area contributed by atoms with Gasteiger partial charge in [-0.05, 0) is 0 Å². The maximum atomic E-state index is 5.78. The maximum absolute atomic E-state index is 5.78. The van der Waals surface area contributed by atoms with E-state index in [-0.39, 0.29) is 5.41 Å². The molecule has 0 saturated carbocycles. The van der Waals surface area contributed by atoms with Gasteiger partial charge in [0.1, 0.15) is 16.9 Å². The fourth-order valence-corrected chi connectivity index (χ4v) is 2.91. The molecule has 104 valence electrons. The molecule has 0 aliphatic rings. The molecule has 0 aromatic carbocycles. The van der Waals surface area contributed by atoms with Crippen LogP contribution >= 0.6 is 11.3 Å². The van der Waals surface area contributed by atoms with E-state index in [1.54, 1.807) is 17.7 Å². The highest BCUT2D eigenvalue weighted by Crippen LogP contribution is 2.25. The van der Waals surface area contributed by atoms with Crippen LogP contribution in [-0.4, -0.2) is 24.5 Å². The summed E-state index contributed by atoms with van der Waals surface area (Å²) in [5, 5.41) is 3.14. The quantitative estimate of drug-likeness (QED) is 0.781. The number of aromatic nitrogens is 5. The molecule has 0 aliphatic carbocycles. The third-order valence-electron chi connectivity index (χ3n) is 3.06. The SMILES string of the molecule is CC(C)(C)c1csc(Cn2cnc3c(N)ncnc32)n1. The summed E-state index contributed by atoms with van der Waals surface area (Å²) in [6, 6.07) is 0. The van der Waals surface area contributed by atoms with E-state index < -0.39 is 0 Å². The molecular weight excluding hydrogens is 272 g/mol. The van der Waals surface area contributed by atoms with Crippen LogP contribution < -0.4 is 5.73 Å². The first-order valence-corrected chi connectivity index (χ1v) is 7.19. The lowest BCUT2D eigenvalue weighted by Crippen LogP contribution is -2.11. The van der Waals surface area contributed by atoms with Crippen LogP contribution in [0.15, 0.2) is 18.0 Å². The number of hydrogen-bond donors (Lipinski definition) is 1. The molecule has 3 aromatic rings. The van der Waals surface area contributed by atoms with Crippen molar-refractivity contribution in [3.8, 4) is 0 Å². The largest absolute Gasteiger partial charge is 0.382 e. The van der Waals surface area contributed by atoms with E-state index in [4.69, 9.17) is 5.73 Å². The minimum absolute atomic E-state index is 0.0678. The lowest BCUT2D eigenvalue weighted by Gasteiger charge is -2.14. The molecule has 0 spiro atoms. The minimum Gasteiger partial charge on any atom is -0.382 e. The second kappa shape index (κ2) is 4.52. The number of nitrogens with two attached hydrogens (primary N) is 1. The minimum atomic E-state index is 0.0678. The van der Waals surface area contributed by atoms with E-state index in [1.165, 1.54) is 6.33 Å².